The van der Waals surface area contributed by atoms with Crippen LogP contribution < -0.4 is 0 Å². The van der Waals surface area contributed by atoms with E-state index in [1.807, 2.05) is 11.8 Å². The van der Waals surface area contributed by atoms with Crippen molar-refractivity contribution >= 4 is 12.0 Å². The maximum absolute atomic E-state index is 12.4. The lowest BCUT2D eigenvalue weighted by molar-refractivity contribution is -0.142. The van der Waals surface area contributed by atoms with Crippen LogP contribution in [-0.4, -0.2) is 66.8 Å². The average molecular weight is 284 g/mol. The van der Waals surface area contributed by atoms with Gasteiger partial charge in [-0.05, 0) is 24.7 Å². The Morgan fingerprint density at radius 2 is 1.85 bits per heavy atom. The van der Waals surface area contributed by atoms with E-state index < -0.39 is 11.9 Å². The highest BCUT2D eigenvalue weighted by atomic mass is 16.5. The maximum Gasteiger partial charge on any atom is 0.320 e. The number of ether oxygens (including phenoxy) is 1. The van der Waals surface area contributed by atoms with E-state index >= 15 is 0 Å². The molecule has 20 heavy (non-hydrogen) atoms. The summed E-state index contributed by atoms with van der Waals surface area (Å²) in [6, 6.07) is -0.00327. The molecule has 114 valence electrons. The number of nitrogens with zero attached hydrogens (tertiary/aromatic N) is 2. The summed E-state index contributed by atoms with van der Waals surface area (Å²) >= 11 is 0. The van der Waals surface area contributed by atoms with E-state index in [0.29, 0.717) is 19.0 Å². The topological polar surface area (TPSA) is 70.1 Å². The van der Waals surface area contributed by atoms with Crippen molar-refractivity contribution in [1.82, 2.24) is 9.80 Å². The highest BCUT2D eigenvalue weighted by Gasteiger charge is 2.38. The van der Waals surface area contributed by atoms with E-state index in [0.717, 1.165) is 32.5 Å². The molecule has 2 aliphatic heterocycles. The van der Waals surface area contributed by atoms with Gasteiger partial charge in [-0.2, -0.15) is 0 Å². The van der Waals surface area contributed by atoms with E-state index in [4.69, 9.17) is 9.84 Å². The first kappa shape index (κ1) is 15.1. The Bertz CT molecular complexity index is 366. The predicted molar refractivity (Wildman–Crippen MR) is 73.4 cm³/mol. The summed E-state index contributed by atoms with van der Waals surface area (Å²) in [6.45, 7) is 5.03. The van der Waals surface area contributed by atoms with Gasteiger partial charge in [-0.1, -0.05) is 6.92 Å². The number of rotatable bonds is 3. The zero-order valence-corrected chi connectivity index (χ0v) is 12.2. The number of hydrogen-bond acceptors (Lipinski definition) is 3. The van der Waals surface area contributed by atoms with Gasteiger partial charge in [0.2, 0.25) is 0 Å². The minimum atomic E-state index is -0.799. The van der Waals surface area contributed by atoms with Crippen molar-refractivity contribution in [2.24, 2.45) is 17.8 Å². The fourth-order valence-corrected chi connectivity index (χ4v) is 3.17. The van der Waals surface area contributed by atoms with Crippen molar-refractivity contribution in [3.8, 4) is 0 Å². The summed E-state index contributed by atoms with van der Waals surface area (Å²) < 4.78 is 5.15. The molecule has 2 rings (SSSR count). The van der Waals surface area contributed by atoms with Crippen LogP contribution in [0.1, 0.15) is 19.8 Å². The summed E-state index contributed by atoms with van der Waals surface area (Å²) in [5, 5.41) is 9.12. The zero-order chi connectivity index (χ0) is 14.7. The second-order valence-corrected chi connectivity index (χ2v) is 6.00. The molecule has 2 saturated heterocycles. The summed E-state index contributed by atoms with van der Waals surface area (Å²) in [7, 11) is 1.70. The first-order valence-corrected chi connectivity index (χ1v) is 7.28. The van der Waals surface area contributed by atoms with Gasteiger partial charge in [0.15, 0.2) is 0 Å². The molecule has 1 N–H and O–H groups in total. The number of hydrogen-bond donors (Lipinski definition) is 1. The fraction of sp³-hybridized carbons (Fsp3) is 0.857. The number of carboxylic acid groups (broad SMARTS) is 1. The van der Waals surface area contributed by atoms with Gasteiger partial charge in [-0.25, -0.2) is 4.79 Å². The quantitative estimate of drug-likeness (QED) is 0.843. The standard InChI is InChI=1S/C14H24N2O4/c1-10-7-16(8-12(10)13(17)18)14(19)15-5-3-11(4-6-15)9-20-2/h10-12H,3-9H2,1-2H3,(H,17,18). The zero-order valence-electron chi connectivity index (χ0n) is 12.2. The Hall–Kier alpha value is -1.30. The van der Waals surface area contributed by atoms with Crippen LogP contribution in [0, 0.1) is 17.8 Å². The monoisotopic (exact) mass is 284 g/mol. The highest BCUT2D eigenvalue weighted by Crippen LogP contribution is 2.26. The van der Waals surface area contributed by atoms with Crippen LogP contribution in [0.25, 0.3) is 0 Å². The minimum absolute atomic E-state index is 0.00327. The molecule has 0 aromatic rings. The number of aliphatic carboxylic acids is 1. The van der Waals surface area contributed by atoms with E-state index in [2.05, 4.69) is 0 Å². The molecule has 0 radical (unpaired) electrons. The molecule has 2 atom stereocenters. The second-order valence-electron chi connectivity index (χ2n) is 6.00. The van der Waals surface area contributed by atoms with Crippen molar-refractivity contribution < 1.29 is 19.4 Å². The van der Waals surface area contributed by atoms with Crippen LogP contribution in [0.2, 0.25) is 0 Å². The van der Waals surface area contributed by atoms with Crippen LogP contribution in [0.15, 0.2) is 0 Å². The smallest absolute Gasteiger partial charge is 0.320 e. The molecular weight excluding hydrogens is 260 g/mol. The van der Waals surface area contributed by atoms with Crippen LogP contribution in [0.4, 0.5) is 4.79 Å². The van der Waals surface area contributed by atoms with Gasteiger partial charge < -0.3 is 19.6 Å². The molecule has 2 amide bonds. The predicted octanol–water partition coefficient (Wildman–Crippen LogP) is 1.12. The molecule has 0 aliphatic carbocycles. The molecule has 0 spiro atoms. The van der Waals surface area contributed by atoms with E-state index in [1.165, 1.54) is 0 Å². The third kappa shape index (κ3) is 3.23. The third-order valence-electron chi connectivity index (χ3n) is 4.49. The van der Waals surface area contributed by atoms with Gasteiger partial charge in [0.1, 0.15) is 0 Å². The Morgan fingerprint density at radius 3 is 2.35 bits per heavy atom. The van der Waals surface area contributed by atoms with Gasteiger partial charge in [0, 0.05) is 39.9 Å². The van der Waals surface area contributed by atoms with Gasteiger partial charge in [0.25, 0.3) is 0 Å². The number of likely N-dealkylation sites (tertiary alicyclic amines) is 2. The number of methoxy groups -OCH3 is 1. The van der Waals surface area contributed by atoms with Gasteiger partial charge >= 0.3 is 12.0 Å². The number of piperidine rings is 1. The number of urea groups is 1. The van der Waals surface area contributed by atoms with Gasteiger partial charge in [-0.3, -0.25) is 4.79 Å². The summed E-state index contributed by atoms with van der Waals surface area (Å²) in [5.41, 5.74) is 0. The molecule has 2 heterocycles. The molecule has 0 saturated carbocycles. The van der Waals surface area contributed by atoms with Gasteiger partial charge in [0.05, 0.1) is 5.92 Å². The van der Waals surface area contributed by atoms with Crippen molar-refractivity contribution in [1.29, 1.82) is 0 Å². The van der Waals surface area contributed by atoms with Crippen LogP contribution in [0.5, 0.6) is 0 Å². The average Bonchev–Trinajstić information content (AvgIpc) is 2.81. The minimum Gasteiger partial charge on any atom is -0.481 e. The van der Waals surface area contributed by atoms with Crippen molar-refractivity contribution in [3.63, 3.8) is 0 Å². The molecule has 0 aromatic carbocycles. The molecule has 0 bridgehead atoms. The summed E-state index contributed by atoms with van der Waals surface area (Å²) in [4.78, 5) is 27.1. The van der Waals surface area contributed by atoms with Crippen molar-refractivity contribution in [3.05, 3.63) is 0 Å². The summed E-state index contributed by atoms with van der Waals surface area (Å²) in [6.07, 6.45) is 1.93. The van der Waals surface area contributed by atoms with E-state index in [9.17, 15) is 9.59 Å². The Kier molecular flexibility index (Phi) is 4.86. The molecular formula is C14H24N2O4. The lowest BCUT2D eigenvalue weighted by Crippen LogP contribution is -2.46. The number of carbonyl (C=O) groups excluding carboxylic acids is 1. The molecule has 2 aliphatic rings. The number of carboxylic acids is 1. The first-order valence-electron chi connectivity index (χ1n) is 7.28. The van der Waals surface area contributed by atoms with Crippen molar-refractivity contribution in [2.45, 2.75) is 19.8 Å². The molecule has 0 aromatic heterocycles. The maximum atomic E-state index is 12.4. The Labute approximate surface area is 119 Å². The lowest BCUT2D eigenvalue weighted by atomic mass is 9.98. The molecule has 2 fully saturated rings. The Morgan fingerprint density at radius 1 is 1.20 bits per heavy atom. The number of carbonyl (C=O) groups is 2. The third-order valence-corrected chi connectivity index (χ3v) is 4.49. The highest BCUT2D eigenvalue weighted by molar-refractivity contribution is 5.77. The largest absolute Gasteiger partial charge is 0.481 e. The van der Waals surface area contributed by atoms with Gasteiger partial charge in [-0.15, -0.1) is 0 Å². The second kappa shape index (κ2) is 6.43. The van der Waals surface area contributed by atoms with E-state index in [1.54, 1.807) is 12.0 Å². The molecule has 2 unspecified atom stereocenters. The normalized spacial score (nSPS) is 27.9. The molecule has 6 nitrogen and oxygen atoms in total. The van der Waals surface area contributed by atoms with Crippen LogP contribution in [0.3, 0.4) is 0 Å². The van der Waals surface area contributed by atoms with Crippen LogP contribution >= 0.6 is 0 Å². The molecule has 6 heteroatoms. The lowest BCUT2D eigenvalue weighted by Gasteiger charge is -2.34. The Balaban J connectivity index is 1.85. The number of amides is 2. The van der Waals surface area contributed by atoms with Crippen LogP contribution in [-0.2, 0) is 9.53 Å². The van der Waals surface area contributed by atoms with E-state index in [-0.39, 0.29) is 11.9 Å². The first-order chi connectivity index (χ1) is 9.52. The summed E-state index contributed by atoms with van der Waals surface area (Å²) in [5.74, 6) is -0.660. The fourth-order valence-electron chi connectivity index (χ4n) is 3.17. The SMILES string of the molecule is COCC1CCN(C(=O)N2CC(C)C(C(=O)O)C2)CC1. The van der Waals surface area contributed by atoms with Crippen molar-refractivity contribution in [2.75, 3.05) is 39.9 Å².